The maximum absolute atomic E-state index is 9.67. The van der Waals surface area contributed by atoms with Crippen LogP contribution in [0.4, 0.5) is 0 Å². The summed E-state index contributed by atoms with van der Waals surface area (Å²) in [5, 5.41) is 24.9. The Bertz CT molecular complexity index is 568. The van der Waals surface area contributed by atoms with Crippen LogP contribution < -0.4 is 10.6 Å². The van der Waals surface area contributed by atoms with Gasteiger partial charge in [0, 0.05) is 11.1 Å². The lowest BCUT2D eigenvalue weighted by molar-refractivity contribution is -0.0531. The highest BCUT2D eigenvalue weighted by Crippen LogP contribution is 2.63. The summed E-state index contributed by atoms with van der Waals surface area (Å²) in [6.45, 7) is 37.8. The lowest BCUT2D eigenvalue weighted by Gasteiger charge is -2.42. The maximum atomic E-state index is 9.67. The van der Waals surface area contributed by atoms with Crippen LogP contribution in [0.15, 0.2) is 0 Å². The molecule has 0 aromatic rings. The normalized spacial score (nSPS) is 18.8. The van der Waals surface area contributed by atoms with Gasteiger partial charge in [-0.15, -0.1) is 0 Å². The third-order valence-corrected chi connectivity index (χ3v) is 9.95. The van der Waals surface area contributed by atoms with Gasteiger partial charge in [0.2, 0.25) is 0 Å². The molecule has 2 rings (SSSR count). The van der Waals surface area contributed by atoms with E-state index in [9.17, 15) is 10.2 Å². The molecule has 2 aliphatic rings. The molecule has 0 saturated heterocycles. The Morgan fingerprint density at radius 3 is 0.725 bits per heavy atom. The molecule has 2 aliphatic carbocycles. The van der Waals surface area contributed by atoms with E-state index < -0.39 is 11.2 Å². The van der Waals surface area contributed by atoms with Gasteiger partial charge < -0.3 is 25.7 Å². The van der Waals surface area contributed by atoms with E-state index in [1.165, 1.54) is 12.8 Å². The number of rotatable bonds is 4. The molecule has 5 heteroatoms. The van der Waals surface area contributed by atoms with Crippen molar-refractivity contribution in [3.05, 3.63) is 0 Å². The minimum absolute atomic E-state index is 0. The van der Waals surface area contributed by atoms with Crippen LogP contribution in [-0.2, 0) is 0 Å². The van der Waals surface area contributed by atoms with Crippen LogP contribution in [0.2, 0.25) is 0 Å². The molecule has 252 valence electrons. The van der Waals surface area contributed by atoms with Crippen LogP contribution in [0.3, 0.4) is 0 Å². The molecule has 0 aromatic heterocycles. The smallest absolute Gasteiger partial charge is 0.0768 e. The Kier molecular flexibility index (Phi) is 24.2. The lowest BCUT2D eigenvalue weighted by Crippen LogP contribution is -2.54. The third kappa shape index (κ3) is 18.4. The molecule has 0 unspecified atom stereocenters. The molecule has 0 spiro atoms. The van der Waals surface area contributed by atoms with Crippen LogP contribution in [-0.4, -0.2) is 72.6 Å². The van der Waals surface area contributed by atoms with Crippen molar-refractivity contribution in [3.63, 3.8) is 0 Å². The zero-order valence-electron chi connectivity index (χ0n) is 30.8. The summed E-state index contributed by atoms with van der Waals surface area (Å²) < 4.78 is 0. The zero-order chi connectivity index (χ0) is 32.4. The number of likely N-dealkylation sites (N-methyl/N-ethyl adjacent to an activating group) is 2. The molecule has 0 radical (unpaired) electrons. The van der Waals surface area contributed by atoms with E-state index in [-0.39, 0.29) is 25.9 Å². The first-order valence-corrected chi connectivity index (χ1v) is 14.7. The van der Waals surface area contributed by atoms with Crippen LogP contribution in [0, 0.1) is 21.7 Å². The van der Waals surface area contributed by atoms with E-state index >= 15 is 0 Å². The van der Waals surface area contributed by atoms with Gasteiger partial charge in [-0.2, -0.15) is 0 Å². The minimum atomic E-state index is -0.665. The fourth-order valence-electron chi connectivity index (χ4n) is 2.97. The molecule has 0 amide bonds. The van der Waals surface area contributed by atoms with Crippen molar-refractivity contribution in [3.8, 4) is 0 Å². The van der Waals surface area contributed by atoms with Gasteiger partial charge in [-0.25, -0.2) is 0 Å². The number of hydrogen-bond donors (Lipinski definition) is 4. The first-order valence-electron chi connectivity index (χ1n) is 14.7. The SMILES string of the molecule is C.C.CC.CC1(C)CC1(C)C.CC1(C)CC1(C)C.CN(C)C(C)(C)C(C)(C)O.CNC.CNC(C)(C)C(C)(C)O. The summed E-state index contributed by atoms with van der Waals surface area (Å²) in [6.07, 6.45) is 2.81. The van der Waals surface area contributed by atoms with Crippen molar-refractivity contribution in [2.24, 2.45) is 21.7 Å². The quantitative estimate of drug-likeness (QED) is 0.268. The number of aliphatic hydroxyl groups is 2. The zero-order valence-corrected chi connectivity index (χ0v) is 30.8. The monoisotopic (exact) mass is 580 g/mol. The highest BCUT2D eigenvalue weighted by Gasteiger charge is 2.53. The van der Waals surface area contributed by atoms with E-state index in [0.717, 1.165) is 0 Å². The van der Waals surface area contributed by atoms with Gasteiger partial charge in [0.1, 0.15) is 0 Å². The van der Waals surface area contributed by atoms with Gasteiger partial charge in [-0.05, 0) is 125 Å². The van der Waals surface area contributed by atoms with Gasteiger partial charge in [0.15, 0.2) is 0 Å². The molecular formula is C35H85N3O2. The Morgan fingerprint density at radius 2 is 0.725 bits per heavy atom. The molecule has 2 saturated carbocycles. The largest absolute Gasteiger partial charge is 0.389 e. The van der Waals surface area contributed by atoms with Crippen LogP contribution in [0.25, 0.3) is 0 Å². The number of nitrogens with one attached hydrogen (secondary N) is 2. The molecule has 5 nitrogen and oxygen atoms in total. The number of nitrogens with zero attached hydrogens (tertiary/aromatic N) is 1. The van der Waals surface area contributed by atoms with E-state index in [0.29, 0.717) is 21.7 Å². The van der Waals surface area contributed by atoms with Crippen molar-refractivity contribution < 1.29 is 10.2 Å². The molecular weight excluding hydrogens is 494 g/mol. The Labute approximate surface area is 257 Å². The van der Waals surface area contributed by atoms with Gasteiger partial charge in [-0.3, -0.25) is 0 Å². The van der Waals surface area contributed by atoms with Crippen molar-refractivity contribution in [1.82, 2.24) is 15.5 Å². The van der Waals surface area contributed by atoms with Crippen molar-refractivity contribution in [2.45, 2.75) is 175 Å². The summed E-state index contributed by atoms with van der Waals surface area (Å²) in [5.74, 6) is 0. The predicted octanol–water partition coefficient (Wildman–Crippen LogP) is 8.87. The van der Waals surface area contributed by atoms with Crippen molar-refractivity contribution in [2.75, 3.05) is 35.2 Å². The standard InChI is InChI=1S/C8H19NO.C7H17NO.2C7H14.C2H7N.C2H6.2CH4/c1-7(2,9(5)6)8(3,4)10;1-6(2,8-5)7(3,4)9;2*1-6(2)5-7(6,3)4;1-3-2;1-2;;/h10H,1-6H3;8-9H,1-5H3;2*5H2,1-4H3;3H,1-2H3;1-2H3;2*1H4. The second-order valence-corrected chi connectivity index (χ2v) is 15.8. The molecule has 0 atom stereocenters. The van der Waals surface area contributed by atoms with E-state index in [4.69, 9.17) is 0 Å². The molecule has 2 fully saturated rings. The lowest BCUT2D eigenvalue weighted by atomic mass is 9.85. The second-order valence-electron chi connectivity index (χ2n) is 15.8. The van der Waals surface area contributed by atoms with Crippen molar-refractivity contribution in [1.29, 1.82) is 0 Å². The first kappa shape index (κ1) is 52.4. The topological polar surface area (TPSA) is 67.8 Å². The molecule has 0 aliphatic heterocycles. The molecule has 4 N–H and O–H groups in total. The van der Waals surface area contributed by atoms with Crippen LogP contribution >= 0.6 is 0 Å². The van der Waals surface area contributed by atoms with Gasteiger partial charge in [0.25, 0.3) is 0 Å². The molecule has 40 heavy (non-hydrogen) atoms. The molecule has 0 bridgehead atoms. The van der Waals surface area contributed by atoms with Gasteiger partial charge in [-0.1, -0.05) is 84.1 Å². The fraction of sp³-hybridized carbons (Fsp3) is 1.00. The average molecular weight is 580 g/mol. The number of hydrogen-bond acceptors (Lipinski definition) is 5. The van der Waals surface area contributed by atoms with E-state index in [1.54, 1.807) is 13.8 Å². The third-order valence-electron chi connectivity index (χ3n) is 9.95. The van der Waals surface area contributed by atoms with Crippen LogP contribution in [0.1, 0.15) is 152 Å². The fourth-order valence-corrected chi connectivity index (χ4v) is 2.97. The molecule has 0 heterocycles. The predicted molar refractivity (Wildman–Crippen MR) is 188 cm³/mol. The maximum Gasteiger partial charge on any atom is 0.0768 e. The summed E-state index contributed by atoms with van der Waals surface area (Å²) in [7, 11) is 9.54. The van der Waals surface area contributed by atoms with Crippen molar-refractivity contribution >= 4 is 0 Å². The highest BCUT2D eigenvalue weighted by atomic mass is 16.3. The van der Waals surface area contributed by atoms with Gasteiger partial charge >= 0.3 is 0 Å². The summed E-state index contributed by atoms with van der Waals surface area (Å²) in [4.78, 5) is 2.02. The van der Waals surface area contributed by atoms with Crippen LogP contribution in [0.5, 0.6) is 0 Å². The first-order chi connectivity index (χ1) is 16.3. The Balaban J connectivity index is -0.0000000903. The Hall–Kier alpha value is -0.200. The Morgan fingerprint density at radius 1 is 0.550 bits per heavy atom. The van der Waals surface area contributed by atoms with Gasteiger partial charge in [0.05, 0.1) is 11.2 Å². The summed E-state index contributed by atoms with van der Waals surface area (Å²) in [6, 6.07) is 0. The van der Waals surface area contributed by atoms with E-state index in [1.807, 2.05) is 95.5 Å². The van der Waals surface area contributed by atoms with E-state index in [2.05, 4.69) is 66.0 Å². The average Bonchev–Trinajstić information content (AvgIpc) is 3.37. The summed E-state index contributed by atoms with van der Waals surface area (Å²) in [5.41, 5.74) is 0.873. The highest BCUT2D eigenvalue weighted by molar-refractivity contribution is 5.03. The molecule has 0 aromatic carbocycles. The summed E-state index contributed by atoms with van der Waals surface area (Å²) >= 11 is 0. The second kappa shape index (κ2) is 18.5. The minimum Gasteiger partial charge on any atom is -0.389 e.